The van der Waals surface area contributed by atoms with Crippen LogP contribution in [0.5, 0.6) is 0 Å². The number of nitrogen functional groups attached to an aromatic ring is 1. The van der Waals surface area contributed by atoms with E-state index in [9.17, 15) is 57.9 Å². The molecule has 3 heterocycles. The van der Waals surface area contributed by atoms with E-state index in [0.29, 0.717) is 12.2 Å². The number of ether oxygens (including phenoxy) is 1. The van der Waals surface area contributed by atoms with Crippen LogP contribution in [0.3, 0.4) is 0 Å². The Kier molecular flexibility index (Phi) is 30.2. The monoisotopic (exact) mass is 1130 g/mol. The van der Waals surface area contributed by atoms with Gasteiger partial charge < -0.3 is 69.0 Å². The summed E-state index contributed by atoms with van der Waals surface area (Å²) in [4.78, 5) is 97.1. The van der Waals surface area contributed by atoms with Crippen molar-refractivity contribution >= 4 is 69.1 Å². The summed E-state index contributed by atoms with van der Waals surface area (Å²) in [6, 6.07) is 0. The molecule has 0 radical (unpaired) electrons. The largest absolute Gasteiger partial charge is 0.790 e. The van der Waals surface area contributed by atoms with E-state index in [1.807, 2.05) is 0 Å². The number of carbonyl (C=O) groups excluding carboxylic acids is 3. The summed E-state index contributed by atoms with van der Waals surface area (Å²) >= 11 is 1.14. The fraction of sp³-hybridized carbons (Fsp3) is 0.660. The molecular formula is C47H74N7O17P3S-4. The molecule has 3 rings (SSSR count). The van der Waals surface area contributed by atoms with E-state index in [1.54, 1.807) is 0 Å². The van der Waals surface area contributed by atoms with Gasteiger partial charge in [-0.25, -0.2) is 19.3 Å². The molecule has 0 spiro atoms. The SMILES string of the molecule is CCCCC/C=C\C/C=C\C/C=C\C/C=C\CCCCCCCCCC(=O)SCCNC(=O)CCNC(=O)[C@H](O)C(C)(C)COP(=O)([O-])OP(=O)([O-])OC[C@H]1O[C@@H](n2cnc3c(N)ncnc32)[C@H](O)[C@@H]1OP(=O)([O-])[O-]. The van der Waals surface area contributed by atoms with E-state index in [4.69, 9.17) is 10.5 Å². The molecule has 2 aromatic heterocycles. The first-order valence-electron chi connectivity index (χ1n) is 25.1. The van der Waals surface area contributed by atoms with Gasteiger partial charge in [0.25, 0.3) is 15.6 Å². The standard InChI is InChI=1S/C47H78N7O17P3S/c1-4-5-6-7-8-9-10-11-12-13-14-15-16-17-18-19-20-21-22-23-24-25-26-27-38(56)75-31-30-49-37(55)28-29-50-45(59)42(58)47(2,3)33-68-74(65,66)71-73(63,64)67-32-36-41(70-72(60,61)62)40(57)46(69-36)54-35-53-39-43(48)51-34-52-44(39)54/h8-9,11-12,14-15,17-18,34-36,40-42,46,57-58H,4-7,10,13,16,19-33H2,1-3H3,(H,49,55)(H,50,59)(H,63,64)(H,65,66)(H2,48,51,52)(H2,60,61,62)/p-4/b9-8-,12-11-,15-14-,18-17-/t36-,40-,41-,42+,46-/m1/s1. The summed E-state index contributed by atoms with van der Waals surface area (Å²) in [7, 11) is -17.6. The van der Waals surface area contributed by atoms with E-state index in [0.717, 1.165) is 80.4 Å². The quantitative estimate of drug-likeness (QED) is 0.0346. The molecule has 1 aliphatic heterocycles. The molecule has 2 amide bonds. The fourth-order valence-electron chi connectivity index (χ4n) is 7.32. The minimum Gasteiger partial charge on any atom is -0.790 e. The Morgan fingerprint density at radius 2 is 1.41 bits per heavy atom. The van der Waals surface area contributed by atoms with Gasteiger partial charge in [0.2, 0.25) is 11.8 Å². The fourth-order valence-corrected chi connectivity index (χ4v) is 10.8. The number of imidazole rings is 1. The van der Waals surface area contributed by atoms with Crippen molar-refractivity contribution in [1.29, 1.82) is 0 Å². The van der Waals surface area contributed by atoms with Gasteiger partial charge in [0, 0.05) is 37.1 Å². The summed E-state index contributed by atoms with van der Waals surface area (Å²) < 4.78 is 60.9. The van der Waals surface area contributed by atoms with Crippen molar-refractivity contribution in [2.75, 3.05) is 37.8 Å². The highest BCUT2D eigenvalue weighted by Gasteiger charge is 2.47. The second-order valence-electron chi connectivity index (χ2n) is 18.3. The average Bonchev–Trinajstić information content (AvgIpc) is 3.91. The molecule has 6 N–H and O–H groups in total. The first kappa shape index (κ1) is 65.8. The molecule has 28 heteroatoms. The van der Waals surface area contributed by atoms with Crippen LogP contribution in [-0.2, 0) is 50.7 Å². The van der Waals surface area contributed by atoms with E-state index >= 15 is 0 Å². The number of carbonyl (C=O) groups is 3. The third-order valence-electron chi connectivity index (χ3n) is 11.4. The second-order valence-corrected chi connectivity index (χ2v) is 23.5. The number of aliphatic hydroxyl groups excluding tert-OH is 2. The van der Waals surface area contributed by atoms with Gasteiger partial charge in [-0.2, -0.15) is 0 Å². The van der Waals surface area contributed by atoms with E-state index in [2.05, 4.69) is 99.0 Å². The van der Waals surface area contributed by atoms with Crippen LogP contribution in [0.4, 0.5) is 5.82 Å². The number of hydrogen-bond donors (Lipinski definition) is 5. The molecule has 2 unspecified atom stereocenters. The lowest BCUT2D eigenvalue weighted by atomic mass is 9.87. The minimum absolute atomic E-state index is 0.0198. The maximum atomic E-state index is 12.7. The van der Waals surface area contributed by atoms with Crippen molar-refractivity contribution in [1.82, 2.24) is 30.2 Å². The first-order chi connectivity index (χ1) is 35.6. The van der Waals surface area contributed by atoms with Crippen LogP contribution in [0.2, 0.25) is 0 Å². The van der Waals surface area contributed by atoms with Crippen molar-refractivity contribution in [3.63, 3.8) is 0 Å². The van der Waals surface area contributed by atoms with Gasteiger partial charge in [-0.3, -0.25) is 28.1 Å². The first-order valence-corrected chi connectivity index (χ1v) is 30.5. The number of hydrogen-bond acceptors (Lipinski definition) is 22. The van der Waals surface area contributed by atoms with Crippen molar-refractivity contribution in [2.24, 2.45) is 5.41 Å². The molecule has 7 atom stereocenters. The Bertz CT molecular complexity index is 2330. The molecule has 2 aromatic rings. The zero-order valence-corrected chi connectivity index (χ0v) is 46.4. The number of thioether (sulfide) groups is 1. The Balaban J connectivity index is 1.23. The summed E-state index contributed by atoms with van der Waals surface area (Å²) in [5.74, 6) is -1.15. The molecule has 75 heavy (non-hydrogen) atoms. The number of nitrogens with one attached hydrogen (secondary N) is 2. The number of phosphoric ester groups is 3. The maximum absolute atomic E-state index is 12.7. The van der Waals surface area contributed by atoms with Crippen LogP contribution in [0.1, 0.15) is 136 Å². The number of aromatic nitrogens is 4. The van der Waals surface area contributed by atoms with Gasteiger partial charge in [0.15, 0.2) is 22.8 Å². The average molecular weight is 1130 g/mol. The van der Waals surface area contributed by atoms with Crippen molar-refractivity contribution in [3.8, 4) is 0 Å². The Morgan fingerprint density at radius 3 is 2.04 bits per heavy atom. The van der Waals surface area contributed by atoms with Gasteiger partial charge in [0.1, 0.15) is 36.3 Å². The molecule has 24 nitrogen and oxygen atoms in total. The smallest absolute Gasteiger partial charge is 0.274 e. The predicted molar refractivity (Wildman–Crippen MR) is 274 cm³/mol. The summed E-state index contributed by atoms with van der Waals surface area (Å²) in [6.07, 6.45) is 27.3. The molecule has 1 fully saturated rings. The topological polar surface area (TPSA) is 375 Å². The highest BCUT2D eigenvalue weighted by atomic mass is 32.2. The summed E-state index contributed by atoms with van der Waals surface area (Å²) in [5.41, 5.74) is 4.09. The molecular weight excluding hydrogens is 1060 g/mol. The van der Waals surface area contributed by atoms with Crippen molar-refractivity contribution in [2.45, 2.75) is 161 Å². The van der Waals surface area contributed by atoms with E-state index in [-0.39, 0.29) is 41.6 Å². The van der Waals surface area contributed by atoms with E-state index < -0.39 is 84.6 Å². The normalized spacial score (nSPS) is 19.6. The van der Waals surface area contributed by atoms with Crippen molar-refractivity contribution in [3.05, 3.63) is 61.3 Å². The molecule has 0 aromatic carbocycles. The van der Waals surface area contributed by atoms with Crippen LogP contribution in [-0.4, -0.2) is 103 Å². The molecule has 1 aliphatic rings. The zero-order chi connectivity index (χ0) is 55.3. The predicted octanol–water partition coefficient (Wildman–Crippen LogP) is 4.62. The Labute approximate surface area is 443 Å². The number of amides is 2. The highest BCUT2D eigenvalue weighted by Crippen LogP contribution is 2.56. The van der Waals surface area contributed by atoms with E-state index in [1.165, 1.54) is 58.8 Å². The van der Waals surface area contributed by atoms with Crippen LogP contribution in [0.25, 0.3) is 11.2 Å². The number of rotatable bonds is 39. The van der Waals surface area contributed by atoms with Crippen LogP contribution >= 0.6 is 35.2 Å². The lowest BCUT2D eigenvalue weighted by Gasteiger charge is -2.36. The summed E-state index contributed by atoms with van der Waals surface area (Å²) in [5, 5.41) is 26.5. The molecule has 424 valence electrons. The molecule has 0 bridgehead atoms. The van der Waals surface area contributed by atoms with Gasteiger partial charge in [-0.1, -0.05) is 126 Å². The highest BCUT2D eigenvalue weighted by molar-refractivity contribution is 8.13. The lowest BCUT2D eigenvalue weighted by Crippen LogP contribution is -2.46. The van der Waals surface area contributed by atoms with Crippen LogP contribution in [0.15, 0.2) is 61.3 Å². The van der Waals surface area contributed by atoms with Gasteiger partial charge in [-0.15, -0.1) is 0 Å². The van der Waals surface area contributed by atoms with Crippen LogP contribution < -0.4 is 35.9 Å². The van der Waals surface area contributed by atoms with Crippen LogP contribution in [0, 0.1) is 5.41 Å². The molecule has 1 saturated heterocycles. The van der Waals surface area contributed by atoms with Crippen molar-refractivity contribution < 1.29 is 80.5 Å². The summed E-state index contributed by atoms with van der Waals surface area (Å²) in [6.45, 7) is 2.38. The molecule has 0 aliphatic carbocycles. The number of phosphoric acid groups is 3. The number of nitrogens with two attached hydrogens (primary N) is 1. The lowest BCUT2D eigenvalue weighted by molar-refractivity contribution is -0.347. The number of nitrogens with zero attached hydrogens (tertiary/aromatic N) is 4. The number of allylic oxidation sites excluding steroid dienone is 8. The van der Waals surface area contributed by atoms with Gasteiger partial charge >= 0.3 is 0 Å². The second kappa shape index (κ2) is 34.4. The Morgan fingerprint density at radius 1 is 0.827 bits per heavy atom. The third-order valence-corrected chi connectivity index (χ3v) is 15.4. The number of unbranched alkanes of at least 4 members (excludes halogenated alkanes) is 10. The molecule has 0 saturated carbocycles. The number of aliphatic hydroxyl groups is 2. The number of fused-ring (bicyclic) bond motifs is 1. The number of anilines is 1. The minimum atomic E-state index is -5.92. The van der Waals surface area contributed by atoms with Gasteiger partial charge in [-0.05, 0) is 51.4 Å². The van der Waals surface area contributed by atoms with Gasteiger partial charge in [0.05, 0.1) is 27.4 Å². The third kappa shape index (κ3) is 26.6. The maximum Gasteiger partial charge on any atom is 0.274 e. The zero-order valence-electron chi connectivity index (χ0n) is 42.9. The Hall–Kier alpha value is -3.48.